The van der Waals surface area contributed by atoms with Gasteiger partial charge in [-0.1, -0.05) is 26.0 Å². The monoisotopic (exact) mass is 426 g/mol. The van der Waals surface area contributed by atoms with Gasteiger partial charge in [0.2, 0.25) is 0 Å². The topological polar surface area (TPSA) is 69.7 Å². The molecule has 1 aromatic heterocycles. The van der Waals surface area contributed by atoms with Gasteiger partial charge >= 0.3 is 0 Å². The number of amides is 1. The molecule has 1 amide bonds. The molecule has 0 saturated heterocycles. The Hall–Kier alpha value is -3.06. The van der Waals surface area contributed by atoms with Gasteiger partial charge in [0.05, 0.1) is 18.9 Å². The third-order valence-electron chi connectivity index (χ3n) is 4.04. The Bertz CT molecular complexity index is 940. The van der Waals surface area contributed by atoms with Gasteiger partial charge in [-0.3, -0.25) is 10.1 Å². The molecular formula is C23H26N2O4S. The van der Waals surface area contributed by atoms with Crippen LogP contribution in [0.1, 0.15) is 26.7 Å². The molecule has 0 saturated carbocycles. The standard InChI is InChI=1S/C23H26N2O4S/c1-3-13-27-18-11-9-17(10-12-18)19-16-30-23(24-19)25-22(26)15-29-21-8-6-5-7-20(21)28-14-4-2/h5-12,16H,3-4,13-15H2,1-2H3,(H,24,25,26). The molecule has 1 heterocycles. The Morgan fingerprint density at radius 3 is 2.30 bits per heavy atom. The van der Waals surface area contributed by atoms with Crippen molar-refractivity contribution in [2.75, 3.05) is 25.1 Å². The van der Waals surface area contributed by atoms with Crippen molar-refractivity contribution in [3.8, 4) is 28.5 Å². The van der Waals surface area contributed by atoms with Crippen LogP contribution in [0.2, 0.25) is 0 Å². The van der Waals surface area contributed by atoms with E-state index in [-0.39, 0.29) is 12.5 Å². The zero-order valence-electron chi connectivity index (χ0n) is 17.2. The Labute approximate surface area is 180 Å². The van der Waals surface area contributed by atoms with Gasteiger partial charge in [0.1, 0.15) is 5.75 Å². The first kappa shape index (κ1) is 21.6. The van der Waals surface area contributed by atoms with Gasteiger partial charge < -0.3 is 14.2 Å². The summed E-state index contributed by atoms with van der Waals surface area (Å²) in [7, 11) is 0. The molecule has 158 valence electrons. The highest BCUT2D eigenvalue weighted by Crippen LogP contribution is 2.28. The number of carbonyl (C=O) groups is 1. The second kappa shape index (κ2) is 11.2. The third kappa shape index (κ3) is 6.22. The summed E-state index contributed by atoms with van der Waals surface area (Å²) in [6, 6.07) is 15.1. The van der Waals surface area contributed by atoms with E-state index < -0.39 is 0 Å². The number of hydrogen-bond acceptors (Lipinski definition) is 6. The number of benzene rings is 2. The molecule has 0 spiro atoms. The summed E-state index contributed by atoms with van der Waals surface area (Å²) in [6.07, 6.45) is 1.87. The van der Waals surface area contributed by atoms with Crippen LogP contribution in [0.15, 0.2) is 53.9 Å². The first-order valence-electron chi connectivity index (χ1n) is 10.0. The smallest absolute Gasteiger partial charge is 0.264 e. The van der Waals surface area contributed by atoms with E-state index in [0.29, 0.717) is 29.8 Å². The molecule has 0 aliphatic carbocycles. The number of aromatic nitrogens is 1. The van der Waals surface area contributed by atoms with Crippen molar-refractivity contribution in [2.24, 2.45) is 0 Å². The fraction of sp³-hybridized carbons (Fsp3) is 0.304. The lowest BCUT2D eigenvalue weighted by molar-refractivity contribution is -0.118. The van der Waals surface area contributed by atoms with Gasteiger partial charge in [-0.05, 0) is 49.2 Å². The minimum Gasteiger partial charge on any atom is -0.494 e. The van der Waals surface area contributed by atoms with E-state index in [2.05, 4.69) is 17.2 Å². The average molecular weight is 427 g/mol. The number of nitrogens with zero attached hydrogens (tertiary/aromatic N) is 1. The van der Waals surface area contributed by atoms with Crippen molar-refractivity contribution in [1.82, 2.24) is 4.98 Å². The highest BCUT2D eigenvalue weighted by molar-refractivity contribution is 7.14. The van der Waals surface area contributed by atoms with E-state index in [4.69, 9.17) is 14.2 Å². The van der Waals surface area contributed by atoms with E-state index in [0.717, 1.165) is 29.8 Å². The summed E-state index contributed by atoms with van der Waals surface area (Å²) < 4.78 is 16.9. The molecule has 0 atom stereocenters. The predicted molar refractivity (Wildman–Crippen MR) is 120 cm³/mol. The van der Waals surface area contributed by atoms with Crippen LogP contribution in [0.25, 0.3) is 11.3 Å². The first-order chi connectivity index (χ1) is 14.7. The average Bonchev–Trinajstić information content (AvgIpc) is 3.24. The lowest BCUT2D eigenvalue weighted by atomic mass is 10.2. The first-order valence-corrected chi connectivity index (χ1v) is 10.9. The van der Waals surface area contributed by atoms with Crippen molar-refractivity contribution in [2.45, 2.75) is 26.7 Å². The van der Waals surface area contributed by atoms with E-state index in [1.165, 1.54) is 11.3 Å². The van der Waals surface area contributed by atoms with Crippen LogP contribution in [-0.2, 0) is 4.79 Å². The normalized spacial score (nSPS) is 10.5. The van der Waals surface area contributed by atoms with Crippen LogP contribution in [0, 0.1) is 0 Å². The highest BCUT2D eigenvalue weighted by atomic mass is 32.1. The number of para-hydroxylation sites is 2. The van der Waals surface area contributed by atoms with Crippen LogP contribution < -0.4 is 19.5 Å². The van der Waals surface area contributed by atoms with Gasteiger partial charge in [0.25, 0.3) is 5.91 Å². The maximum Gasteiger partial charge on any atom is 0.264 e. The maximum absolute atomic E-state index is 12.3. The molecule has 0 aliphatic heterocycles. The molecule has 0 bridgehead atoms. The zero-order chi connectivity index (χ0) is 21.2. The number of carbonyl (C=O) groups excluding carboxylic acids is 1. The quantitative estimate of drug-likeness (QED) is 0.444. The van der Waals surface area contributed by atoms with Gasteiger partial charge in [0, 0.05) is 10.9 Å². The Morgan fingerprint density at radius 1 is 0.933 bits per heavy atom. The summed E-state index contributed by atoms with van der Waals surface area (Å²) in [5, 5.41) is 5.22. The van der Waals surface area contributed by atoms with E-state index in [9.17, 15) is 4.79 Å². The number of ether oxygens (including phenoxy) is 3. The fourth-order valence-corrected chi connectivity index (χ4v) is 3.34. The summed E-state index contributed by atoms with van der Waals surface area (Å²) in [6.45, 7) is 5.28. The molecule has 1 N–H and O–H groups in total. The second-order valence-electron chi connectivity index (χ2n) is 6.54. The molecule has 7 heteroatoms. The van der Waals surface area contributed by atoms with Gasteiger partial charge in [-0.2, -0.15) is 0 Å². The van der Waals surface area contributed by atoms with Gasteiger partial charge in [-0.25, -0.2) is 4.98 Å². The van der Waals surface area contributed by atoms with Crippen molar-refractivity contribution in [3.63, 3.8) is 0 Å². The van der Waals surface area contributed by atoms with Crippen LogP contribution in [0.5, 0.6) is 17.2 Å². The lowest BCUT2D eigenvalue weighted by Crippen LogP contribution is -2.20. The van der Waals surface area contributed by atoms with Gasteiger partial charge in [0.15, 0.2) is 23.2 Å². The molecule has 3 aromatic rings. The minimum atomic E-state index is -0.274. The Morgan fingerprint density at radius 2 is 1.60 bits per heavy atom. The zero-order valence-corrected chi connectivity index (χ0v) is 18.0. The van der Waals surface area contributed by atoms with E-state index >= 15 is 0 Å². The summed E-state index contributed by atoms with van der Waals surface area (Å²) >= 11 is 1.37. The predicted octanol–water partition coefficient (Wildman–Crippen LogP) is 5.41. The van der Waals surface area contributed by atoms with Crippen molar-refractivity contribution < 1.29 is 19.0 Å². The fourth-order valence-electron chi connectivity index (χ4n) is 2.60. The number of rotatable bonds is 11. The Balaban J connectivity index is 1.54. The van der Waals surface area contributed by atoms with Crippen molar-refractivity contribution in [1.29, 1.82) is 0 Å². The van der Waals surface area contributed by atoms with E-state index in [1.807, 2.05) is 54.8 Å². The SMILES string of the molecule is CCCOc1ccc(-c2csc(NC(=O)COc3ccccc3OCCC)n2)cc1. The molecule has 0 unspecified atom stereocenters. The van der Waals surface area contributed by atoms with Crippen LogP contribution in [0.3, 0.4) is 0 Å². The van der Waals surface area contributed by atoms with Crippen LogP contribution >= 0.6 is 11.3 Å². The summed E-state index contributed by atoms with van der Waals surface area (Å²) in [5.41, 5.74) is 1.77. The summed E-state index contributed by atoms with van der Waals surface area (Å²) in [4.78, 5) is 16.8. The number of thiazole rings is 1. The molecule has 0 fully saturated rings. The Kier molecular flexibility index (Phi) is 8.09. The molecule has 6 nitrogen and oxygen atoms in total. The van der Waals surface area contributed by atoms with Crippen LogP contribution in [-0.4, -0.2) is 30.7 Å². The number of anilines is 1. The largest absolute Gasteiger partial charge is 0.494 e. The molecule has 3 rings (SSSR count). The van der Waals surface area contributed by atoms with Crippen molar-refractivity contribution in [3.05, 3.63) is 53.9 Å². The molecule has 30 heavy (non-hydrogen) atoms. The number of hydrogen-bond donors (Lipinski definition) is 1. The molecule has 0 radical (unpaired) electrons. The highest BCUT2D eigenvalue weighted by Gasteiger charge is 2.11. The number of nitrogens with one attached hydrogen (secondary N) is 1. The third-order valence-corrected chi connectivity index (χ3v) is 4.80. The summed E-state index contributed by atoms with van der Waals surface area (Å²) in [5.74, 6) is 1.75. The van der Waals surface area contributed by atoms with Crippen LogP contribution in [0.4, 0.5) is 5.13 Å². The second-order valence-corrected chi connectivity index (χ2v) is 7.40. The van der Waals surface area contributed by atoms with E-state index in [1.54, 1.807) is 6.07 Å². The molecule has 0 aliphatic rings. The lowest BCUT2D eigenvalue weighted by Gasteiger charge is -2.11. The van der Waals surface area contributed by atoms with Gasteiger partial charge in [-0.15, -0.1) is 11.3 Å². The molecular weight excluding hydrogens is 400 g/mol. The molecule has 2 aromatic carbocycles. The maximum atomic E-state index is 12.3. The van der Waals surface area contributed by atoms with Crippen molar-refractivity contribution >= 4 is 22.4 Å². The minimum absolute atomic E-state index is 0.120.